The van der Waals surface area contributed by atoms with Crippen molar-refractivity contribution in [3.63, 3.8) is 0 Å². The SMILES string of the molecule is O=C(NCc1ccco1)N1CCC(Oc2cccnc2N2CCCC2)C1. The predicted octanol–water partition coefficient (Wildman–Crippen LogP) is 2.64. The number of nitrogens with zero attached hydrogens (tertiary/aromatic N) is 3. The van der Waals surface area contributed by atoms with Gasteiger partial charge in [-0.15, -0.1) is 0 Å². The molecule has 7 heteroatoms. The molecule has 1 atom stereocenters. The van der Waals surface area contributed by atoms with E-state index in [1.165, 1.54) is 12.8 Å². The molecule has 2 aromatic heterocycles. The van der Waals surface area contributed by atoms with E-state index in [-0.39, 0.29) is 12.1 Å². The summed E-state index contributed by atoms with van der Waals surface area (Å²) < 4.78 is 11.4. The van der Waals surface area contributed by atoms with Gasteiger partial charge >= 0.3 is 6.03 Å². The van der Waals surface area contributed by atoms with Crippen molar-refractivity contribution in [2.24, 2.45) is 0 Å². The molecule has 7 nitrogen and oxygen atoms in total. The number of furan rings is 1. The Hall–Kier alpha value is -2.70. The van der Waals surface area contributed by atoms with E-state index in [1.54, 1.807) is 11.2 Å². The predicted molar refractivity (Wildman–Crippen MR) is 97.2 cm³/mol. The lowest BCUT2D eigenvalue weighted by molar-refractivity contribution is 0.186. The fraction of sp³-hybridized carbons (Fsp3) is 0.474. The van der Waals surface area contributed by atoms with Gasteiger partial charge in [-0.2, -0.15) is 0 Å². The lowest BCUT2D eigenvalue weighted by Crippen LogP contribution is -2.39. The molecule has 4 heterocycles. The number of urea groups is 1. The van der Waals surface area contributed by atoms with Crippen molar-refractivity contribution < 1.29 is 13.9 Å². The van der Waals surface area contributed by atoms with Crippen molar-refractivity contribution in [1.29, 1.82) is 0 Å². The maximum Gasteiger partial charge on any atom is 0.317 e. The van der Waals surface area contributed by atoms with Crippen LogP contribution in [0.4, 0.5) is 10.6 Å². The van der Waals surface area contributed by atoms with E-state index in [9.17, 15) is 4.79 Å². The van der Waals surface area contributed by atoms with Crippen LogP contribution in [0.3, 0.4) is 0 Å². The summed E-state index contributed by atoms with van der Waals surface area (Å²) in [7, 11) is 0. The highest BCUT2D eigenvalue weighted by Gasteiger charge is 2.29. The first-order valence-corrected chi connectivity index (χ1v) is 9.21. The van der Waals surface area contributed by atoms with Gasteiger partial charge in [0, 0.05) is 32.3 Å². The molecule has 4 rings (SSSR count). The second-order valence-electron chi connectivity index (χ2n) is 6.73. The number of hydrogen-bond donors (Lipinski definition) is 1. The molecule has 0 bridgehead atoms. The quantitative estimate of drug-likeness (QED) is 0.892. The summed E-state index contributed by atoms with van der Waals surface area (Å²) in [6.07, 6.45) is 6.63. The van der Waals surface area contributed by atoms with Crippen molar-refractivity contribution in [3.8, 4) is 5.75 Å². The number of amides is 2. The average molecular weight is 356 g/mol. The first-order valence-electron chi connectivity index (χ1n) is 9.21. The lowest BCUT2D eigenvalue weighted by Gasteiger charge is -2.22. The Morgan fingerprint density at radius 3 is 2.96 bits per heavy atom. The number of rotatable bonds is 5. The van der Waals surface area contributed by atoms with Crippen LogP contribution in [0.25, 0.3) is 0 Å². The van der Waals surface area contributed by atoms with Crippen molar-refractivity contribution in [2.45, 2.75) is 31.9 Å². The minimum atomic E-state index is -0.0848. The van der Waals surface area contributed by atoms with Gasteiger partial charge < -0.3 is 24.3 Å². The van der Waals surface area contributed by atoms with Gasteiger partial charge in [0.2, 0.25) is 0 Å². The molecule has 0 radical (unpaired) electrons. The van der Waals surface area contributed by atoms with Crippen LogP contribution in [0.1, 0.15) is 25.0 Å². The average Bonchev–Trinajstić information content (AvgIpc) is 3.42. The van der Waals surface area contributed by atoms with Crippen LogP contribution in [-0.2, 0) is 6.54 Å². The van der Waals surface area contributed by atoms with Crippen molar-refractivity contribution in [3.05, 3.63) is 42.5 Å². The van der Waals surface area contributed by atoms with E-state index < -0.39 is 0 Å². The van der Waals surface area contributed by atoms with Crippen LogP contribution < -0.4 is 15.0 Å². The van der Waals surface area contributed by atoms with Crippen LogP contribution in [0.2, 0.25) is 0 Å². The number of ether oxygens (including phenoxy) is 1. The zero-order valence-electron chi connectivity index (χ0n) is 14.8. The van der Waals surface area contributed by atoms with Gasteiger partial charge in [0.25, 0.3) is 0 Å². The van der Waals surface area contributed by atoms with E-state index in [4.69, 9.17) is 9.15 Å². The van der Waals surface area contributed by atoms with Crippen LogP contribution in [0.5, 0.6) is 5.75 Å². The summed E-state index contributed by atoms with van der Waals surface area (Å²) in [6.45, 7) is 3.72. The molecule has 26 heavy (non-hydrogen) atoms. The van der Waals surface area contributed by atoms with Gasteiger partial charge in [-0.05, 0) is 37.1 Å². The Balaban J connectivity index is 1.32. The molecule has 2 fully saturated rings. The molecule has 0 saturated carbocycles. The number of nitrogens with one attached hydrogen (secondary N) is 1. The maximum absolute atomic E-state index is 12.3. The summed E-state index contributed by atoms with van der Waals surface area (Å²) >= 11 is 0. The third-order valence-electron chi connectivity index (χ3n) is 4.88. The Kier molecular flexibility index (Phi) is 4.95. The number of carbonyl (C=O) groups is 1. The van der Waals surface area contributed by atoms with Crippen LogP contribution in [0.15, 0.2) is 41.1 Å². The van der Waals surface area contributed by atoms with Crippen molar-refractivity contribution in [1.82, 2.24) is 15.2 Å². The van der Waals surface area contributed by atoms with E-state index >= 15 is 0 Å². The molecule has 1 N–H and O–H groups in total. The van der Waals surface area contributed by atoms with Gasteiger partial charge in [0.15, 0.2) is 11.6 Å². The molecule has 2 saturated heterocycles. The fourth-order valence-electron chi connectivity index (χ4n) is 3.52. The number of hydrogen-bond acceptors (Lipinski definition) is 5. The Bertz CT molecular complexity index is 728. The smallest absolute Gasteiger partial charge is 0.317 e. The molecule has 0 spiro atoms. The standard InChI is InChI=1S/C19H24N4O3/c24-19(21-13-15-5-4-12-25-15)23-11-7-16(14-23)26-17-6-3-8-20-18(17)22-9-1-2-10-22/h3-6,8,12,16H,1-2,7,9-11,13-14H2,(H,21,24). The summed E-state index contributed by atoms with van der Waals surface area (Å²) in [4.78, 5) is 20.9. The van der Waals surface area contributed by atoms with E-state index in [1.807, 2.05) is 30.5 Å². The zero-order chi connectivity index (χ0) is 17.8. The third kappa shape index (κ3) is 3.76. The highest BCUT2D eigenvalue weighted by Crippen LogP contribution is 2.30. The summed E-state index contributed by atoms with van der Waals surface area (Å²) in [6, 6.07) is 7.45. The Morgan fingerprint density at radius 1 is 1.27 bits per heavy atom. The van der Waals surface area contributed by atoms with Gasteiger partial charge in [-0.3, -0.25) is 0 Å². The minimum absolute atomic E-state index is 0.00471. The highest BCUT2D eigenvalue weighted by molar-refractivity contribution is 5.74. The number of pyridine rings is 1. The van der Waals surface area contributed by atoms with Crippen molar-refractivity contribution >= 4 is 11.8 Å². The van der Waals surface area contributed by atoms with E-state index in [2.05, 4.69) is 15.2 Å². The van der Waals surface area contributed by atoms with Crippen LogP contribution in [0, 0.1) is 0 Å². The van der Waals surface area contributed by atoms with E-state index in [0.29, 0.717) is 19.6 Å². The number of likely N-dealkylation sites (tertiary alicyclic amines) is 1. The second kappa shape index (κ2) is 7.68. The number of carbonyl (C=O) groups excluding carboxylic acids is 1. The van der Waals surface area contributed by atoms with Gasteiger partial charge in [-0.25, -0.2) is 9.78 Å². The van der Waals surface area contributed by atoms with Gasteiger partial charge in [-0.1, -0.05) is 0 Å². The molecule has 2 aliphatic rings. The number of anilines is 1. The Labute approximate surface area is 152 Å². The van der Waals surface area contributed by atoms with Gasteiger partial charge in [0.1, 0.15) is 11.9 Å². The molecule has 2 aliphatic heterocycles. The molecule has 0 aromatic carbocycles. The van der Waals surface area contributed by atoms with Crippen LogP contribution in [-0.4, -0.2) is 48.2 Å². The number of aromatic nitrogens is 1. The molecule has 0 aliphatic carbocycles. The summed E-state index contributed by atoms with van der Waals surface area (Å²) in [5.41, 5.74) is 0. The molecular weight excluding hydrogens is 332 g/mol. The van der Waals surface area contributed by atoms with Crippen molar-refractivity contribution in [2.75, 3.05) is 31.1 Å². The zero-order valence-corrected chi connectivity index (χ0v) is 14.8. The molecule has 138 valence electrons. The maximum atomic E-state index is 12.3. The summed E-state index contributed by atoms with van der Waals surface area (Å²) in [5, 5.41) is 2.88. The van der Waals surface area contributed by atoms with Gasteiger partial charge in [0.05, 0.1) is 19.4 Å². The highest BCUT2D eigenvalue weighted by atomic mass is 16.5. The second-order valence-corrected chi connectivity index (χ2v) is 6.73. The molecule has 2 aromatic rings. The van der Waals surface area contributed by atoms with Crippen LogP contribution >= 0.6 is 0 Å². The molecule has 1 unspecified atom stereocenters. The monoisotopic (exact) mass is 356 g/mol. The first kappa shape index (κ1) is 16.8. The summed E-state index contributed by atoms with van der Waals surface area (Å²) in [5.74, 6) is 2.49. The first-order chi connectivity index (χ1) is 12.8. The van der Waals surface area contributed by atoms with E-state index in [0.717, 1.165) is 36.8 Å². The topological polar surface area (TPSA) is 70.8 Å². The normalized spacial score (nSPS) is 19.8. The molecular formula is C19H24N4O3. The Morgan fingerprint density at radius 2 is 2.15 bits per heavy atom. The molecule has 2 amide bonds. The minimum Gasteiger partial charge on any atom is -0.485 e. The third-order valence-corrected chi connectivity index (χ3v) is 4.88. The largest absolute Gasteiger partial charge is 0.485 e. The fourth-order valence-corrected chi connectivity index (χ4v) is 3.52. The lowest BCUT2D eigenvalue weighted by atomic mass is 10.3.